The SMILES string of the molecule is CC(C)N1CCC(Nc2cncc(-c3cc4c(F)c(NC(=O)C5CCC5)nc(F)c4cn3)n2)CC1. The molecule has 0 radical (unpaired) electrons. The molecule has 0 bridgehead atoms. The van der Waals surface area contributed by atoms with Crippen molar-refractivity contribution in [2.75, 3.05) is 23.7 Å². The number of pyridine rings is 2. The zero-order chi connectivity index (χ0) is 24.5. The Hall–Kier alpha value is -3.27. The molecule has 1 saturated heterocycles. The number of nitrogens with one attached hydrogen (secondary N) is 2. The normalized spacial score (nSPS) is 17.5. The zero-order valence-corrected chi connectivity index (χ0v) is 19.9. The molecule has 2 fully saturated rings. The first-order chi connectivity index (χ1) is 16.9. The minimum absolute atomic E-state index is 0.0207. The summed E-state index contributed by atoms with van der Waals surface area (Å²) in [4.78, 5) is 31.5. The summed E-state index contributed by atoms with van der Waals surface area (Å²) in [6.07, 6.45) is 8.89. The van der Waals surface area contributed by atoms with E-state index in [1.54, 1.807) is 6.20 Å². The summed E-state index contributed by atoms with van der Waals surface area (Å²) in [5, 5.41) is 5.80. The summed E-state index contributed by atoms with van der Waals surface area (Å²) in [7, 11) is 0. The Morgan fingerprint density at radius 1 is 1.03 bits per heavy atom. The number of rotatable bonds is 6. The van der Waals surface area contributed by atoms with Gasteiger partial charge in [0.1, 0.15) is 11.5 Å². The van der Waals surface area contributed by atoms with Crippen LogP contribution in [0.2, 0.25) is 0 Å². The predicted molar refractivity (Wildman–Crippen MR) is 130 cm³/mol. The highest BCUT2D eigenvalue weighted by Crippen LogP contribution is 2.31. The van der Waals surface area contributed by atoms with Crippen molar-refractivity contribution in [2.24, 2.45) is 5.92 Å². The molecule has 10 heteroatoms. The van der Waals surface area contributed by atoms with Crippen LogP contribution < -0.4 is 10.6 Å². The number of nitrogens with zero attached hydrogens (tertiary/aromatic N) is 5. The van der Waals surface area contributed by atoms with Crippen molar-refractivity contribution in [3.8, 4) is 11.4 Å². The minimum Gasteiger partial charge on any atom is -0.366 e. The number of likely N-dealkylation sites (tertiary alicyclic amines) is 1. The van der Waals surface area contributed by atoms with Gasteiger partial charge < -0.3 is 15.5 Å². The van der Waals surface area contributed by atoms with E-state index in [2.05, 4.69) is 49.3 Å². The molecule has 4 heterocycles. The highest BCUT2D eigenvalue weighted by Gasteiger charge is 2.27. The van der Waals surface area contributed by atoms with Gasteiger partial charge in [-0.1, -0.05) is 6.42 Å². The van der Waals surface area contributed by atoms with Crippen LogP contribution in [0.1, 0.15) is 46.0 Å². The second-order valence-corrected chi connectivity index (χ2v) is 9.64. The van der Waals surface area contributed by atoms with Crippen LogP contribution in [0.3, 0.4) is 0 Å². The Morgan fingerprint density at radius 2 is 1.80 bits per heavy atom. The van der Waals surface area contributed by atoms with E-state index in [-0.39, 0.29) is 22.6 Å². The highest BCUT2D eigenvalue weighted by atomic mass is 19.1. The Labute approximate surface area is 202 Å². The topological polar surface area (TPSA) is 95.9 Å². The number of anilines is 2. The van der Waals surface area contributed by atoms with Gasteiger partial charge in [-0.25, -0.2) is 9.37 Å². The Kier molecular flexibility index (Phi) is 6.55. The molecule has 0 spiro atoms. The first-order valence-electron chi connectivity index (χ1n) is 12.2. The molecule has 35 heavy (non-hydrogen) atoms. The van der Waals surface area contributed by atoms with Gasteiger partial charge in [-0.3, -0.25) is 14.8 Å². The molecule has 1 aliphatic carbocycles. The number of piperidine rings is 1. The molecule has 1 saturated carbocycles. The molecule has 0 atom stereocenters. The van der Waals surface area contributed by atoms with E-state index in [1.807, 2.05) is 0 Å². The molecule has 1 aliphatic heterocycles. The molecule has 8 nitrogen and oxygen atoms in total. The van der Waals surface area contributed by atoms with Crippen molar-refractivity contribution in [3.63, 3.8) is 0 Å². The molecule has 0 aromatic carbocycles. The predicted octanol–water partition coefficient (Wildman–Crippen LogP) is 4.39. The molecule has 184 valence electrons. The van der Waals surface area contributed by atoms with Gasteiger partial charge in [0.15, 0.2) is 11.6 Å². The molecule has 0 unspecified atom stereocenters. The second kappa shape index (κ2) is 9.77. The first-order valence-corrected chi connectivity index (χ1v) is 12.2. The number of amides is 1. The maximum Gasteiger partial charge on any atom is 0.228 e. The smallest absolute Gasteiger partial charge is 0.228 e. The van der Waals surface area contributed by atoms with Crippen LogP contribution in [0.15, 0.2) is 24.7 Å². The van der Waals surface area contributed by atoms with Crippen molar-refractivity contribution >= 4 is 28.3 Å². The second-order valence-electron chi connectivity index (χ2n) is 9.64. The molecule has 2 aliphatic rings. The van der Waals surface area contributed by atoms with Crippen LogP contribution in [0, 0.1) is 17.7 Å². The highest BCUT2D eigenvalue weighted by molar-refractivity contribution is 5.95. The van der Waals surface area contributed by atoms with Gasteiger partial charge in [-0.05, 0) is 45.6 Å². The van der Waals surface area contributed by atoms with E-state index >= 15 is 4.39 Å². The van der Waals surface area contributed by atoms with Gasteiger partial charge in [0.05, 0.1) is 23.5 Å². The number of carbonyl (C=O) groups is 1. The summed E-state index contributed by atoms with van der Waals surface area (Å²) in [5.41, 5.74) is 0.789. The summed E-state index contributed by atoms with van der Waals surface area (Å²) in [6, 6.07) is 2.24. The van der Waals surface area contributed by atoms with Crippen LogP contribution in [0.4, 0.5) is 20.4 Å². The fourth-order valence-electron chi connectivity index (χ4n) is 4.58. The Morgan fingerprint density at radius 3 is 2.49 bits per heavy atom. The largest absolute Gasteiger partial charge is 0.366 e. The van der Waals surface area contributed by atoms with Crippen LogP contribution >= 0.6 is 0 Å². The summed E-state index contributed by atoms with van der Waals surface area (Å²) < 4.78 is 29.8. The lowest BCUT2D eigenvalue weighted by Crippen LogP contribution is -2.42. The van der Waals surface area contributed by atoms with E-state index in [4.69, 9.17) is 0 Å². The monoisotopic (exact) mass is 481 g/mol. The quantitative estimate of drug-likeness (QED) is 0.504. The van der Waals surface area contributed by atoms with Crippen LogP contribution in [0.25, 0.3) is 22.2 Å². The standard InChI is InChI=1S/C25H29F2N7O/c1-14(2)34-8-6-16(7-9-34)30-21-13-28-12-20(31-21)19-10-17-18(11-29-19)23(27)32-24(22(17)26)33-25(35)15-4-3-5-15/h10-16H,3-9H2,1-2H3,(H,30,31)(H,32,33,35). The summed E-state index contributed by atoms with van der Waals surface area (Å²) in [6.45, 7) is 6.45. The molecule has 3 aromatic rings. The number of fused-ring (bicyclic) bond motifs is 1. The van der Waals surface area contributed by atoms with E-state index in [9.17, 15) is 9.18 Å². The number of aromatic nitrogens is 4. The zero-order valence-electron chi connectivity index (χ0n) is 19.9. The lowest BCUT2D eigenvalue weighted by Gasteiger charge is -2.35. The van der Waals surface area contributed by atoms with E-state index in [0.29, 0.717) is 29.3 Å². The van der Waals surface area contributed by atoms with Crippen LogP contribution in [-0.4, -0.2) is 55.9 Å². The van der Waals surface area contributed by atoms with Gasteiger partial charge >= 0.3 is 0 Å². The van der Waals surface area contributed by atoms with Crippen molar-refractivity contribution in [2.45, 2.75) is 58.0 Å². The third-order valence-corrected chi connectivity index (χ3v) is 7.01. The Balaban J connectivity index is 1.37. The molecule has 1 amide bonds. The third kappa shape index (κ3) is 4.93. The van der Waals surface area contributed by atoms with Gasteiger partial charge in [-0.15, -0.1) is 0 Å². The summed E-state index contributed by atoms with van der Waals surface area (Å²) in [5.74, 6) is -1.98. The van der Waals surface area contributed by atoms with E-state index in [0.717, 1.165) is 45.2 Å². The Bertz CT molecular complexity index is 1240. The lowest BCUT2D eigenvalue weighted by molar-refractivity contribution is -0.122. The number of hydrogen-bond acceptors (Lipinski definition) is 7. The van der Waals surface area contributed by atoms with Crippen molar-refractivity contribution in [1.82, 2.24) is 24.8 Å². The lowest BCUT2D eigenvalue weighted by atomic mass is 9.85. The molecular formula is C25H29F2N7O. The van der Waals surface area contributed by atoms with E-state index in [1.165, 1.54) is 18.5 Å². The number of halogens is 2. The summed E-state index contributed by atoms with van der Waals surface area (Å²) >= 11 is 0. The minimum atomic E-state index is -0.890. The van der Waals surface area contributed by atoms with Gasteiger partial charge in [0, 0.05) is 42.7 Å². The van der Waals surface area contributed by atoms with E-state index < -0.39 is 17.6 Å². The van der Waals surface area contributed by atoms with Gasteiger partial charge in [0.25, 0.3) is 0 Å². The van der Waals surface area contributed by atoms with Crippen molar-refractivity contribution in [1.29, 1.82) is 0 Å². The fourth-order valence-corrected chi connectivity index (χ4v) is 4.58. The first kappa shape index (κ1) is 23.5. The van der Waals surface area contributed by atoms with Crippen molar-refractivity contribution < 1.29 is 13.6 Å². The third-order valence-electron chi connectivity index (χ3n) is 7.01. The molecule has 2 N–H and O–H groups in total. The molecular weight excluding hydrogens is 452 g/mol. The van der Waals surface area contributed by atoms with Crippen LogP contribution in [0.5, 0.6) is 0 Å². The fraction of sp³-hybridized carbons (Fsp3) is 0.480. The maximum atomic E-state index is 15.2. The number of hydrogen-bond donors (Lipinski definition) is 2. The maximum absolute atomic E-state index is 15.2. The molecule has 3 aromatic heterocycles. The van der Waals surface area contributed by atoms with Gasteiger partial charge in [-0.2, -0.15) is 9.37 Å². The van der Waals surface area contributed by atoms with Crippen LogP contribution in [-0.2, 0) is 4.79 Å². The average Bonchev–Trinajstić information content (AvgIpc) is 2.81. The van der Waals surface area contributed by atoms with Gasteiger partial charge in [0.2, 0.25) is 11.9 Å². The molecule has 5 rings (SSSR count). The van der Waals surface area contributed by atoms with Crippen molar-refractivity contribution in [3.05, 3.63) is 36.4 Å². The average molecular weight is 482 g/mol. The number of carbonyl (C=O) groups excluding carboxylic acids is 1.